The highest BCUT2D eigenvalue weighted by molar-refractivity contribution is 6.30. The molecular weight excluding hydrogens is 450 g/mol. The molecule has 0 bridgehead atoms. The molecule has 0 saturated heterocycles. The van der Waals surface area contributed by atoms with Crippen LogP contribution in [0, 0.1) is 0 Å². The fourth-order valence-electron chi connectivity index (χ4n) is 4.77. The minimum absolute atomic E-state index is 0.396. The second-order valence-corrected chi connectivity index (χ2v) is 8.96. The third-order valence-electron chi connectivity index (χ3n) is 6.33. The van der Waals surface area contributed by atoms with Crippen LogP contribution in [0.15, 0.2) is 60.9 Å². The Hall–Kier alpha value is -3.78. The Kier molecular flexibility index (Phi) is 5.43. The van der Waals surface area contributed by atoms with Crippen LogP contribution in [0.5, 0.6) is 11.5 Å². The van der Waals surface area contributed by atoms with Crippen molar-refractivity contribution in [2.45, 2.75) is 38.0 Å². The molecule has 1 aliphatic rings. The highest BCUT2D eigenvalue weighted by Gasteiger charge is 2.25. The van der Waals surface area contributed by atoms with Gasteiger partial charge in [-0.3, -0.25) is 0 Å². The van der Waals surface area contributed by atoms with Crippen molar-refractivity contribution in [2.75, 3.05) is 0 Å². The maximum atomic E-state index is 6.13. The average molecular weight is 472 g/mol. The number of halogens is 1. The van der Waals surface area contributed by atoms with Gasteiger partial charge in [-0.2, -0.15) is 5.10 Å². The van der Waals surface area contributed by atoms with E-state index in [4.69, 9.17) is 26.4 Å². The second kappa shape index (κ2) is 8.87. The number of hydrogen-bond acceptors (Lipinski definition) is 6. The summed E-state index contributed by atoms with van der Waals surface area (Å²) in [6.45, 7) is 0. The van der Waals surface area contributed by atoms with E-state index >= 15 is 0 Å². The third kappa shape index (κ3) is 3.90. The fourth-order valence-corrected chi connectivity index (χ4v) is 4.95. The van der Waals surface area contributed by atoms with Crippen molar-refractivity contribution in [1.29, 1.82) is 0 Å². The molecule has 5 aromatic rings. The van der Waals surface area contributed by atoms with E-state index in [1.54, 1.807) is 12.3 Å². The summed E-state index contributed by atoms with van der Waals surface area (Å²) in [5.74, 6) is 2.39. The van der Waals surface area contributed by atoms with Gasteiger partial charge in [0.15, 0.2) is 11.5 Å². The SMILES string of the molecule is Clc1cccc(Oc2cccc(-c3cnc4c(-c5nnn[nH]5)cnn4c3C3CCCCC3)c2)c1. The molecule has 0 radical (unpaired) electrons. The van der Waals surface area contributed by atoms with Crippen LogP contribution >= 0.6 is 11.6 Å². The summed E-state index contributed by atoms with van der Waals surface area (Å²) in [5, 5.41) is 19.6. The monoisotopic (exact) mass is 471 g/mol. The molecule has 170 valence electrons. The number of tetrazole rings is 1. The van der Waals surface area contributed by atoms with Crippen molar-refractivity contribution < 1.29 is 4.74 Å². The van der Waals surface area contributed by atoms with E-state index < -0.39 is 0 Å². The number of fused-ring (bicyclic) bond motifs is 1. The zero-order chi connectivity index (χ0) is 22.9. The summed E-state index contributed by atoms with van der Waals surface area (Å²) in [6, 6.07) is 15.5. The highest BCUT2D eigenvalue weighted by Crippen LogP contribution is 2.39. The van der Waals surface area contributed by atoms with E-state index in [0.717, 1.165) is 40.9 Å². The van der Waals surface area contributed by atoms with Gasteiger partial charge in [-0.1, -0.05) is 49.1 Å². The predicted octanol–water partition coefficient (Wildman–Crippen LogP) is 6.07. The van der Waals surface area contributed by atoms with Crippen LogP contribution in [0.4, 0.5) is 0 Å². The van der Waals surface area contributed by atoms with Gasteiger partial charge in [0.25, 0.3) is 0 Å². The van der Waals surface area contributed by atoms with Crippen molar-refractivity contribution >= 4 is 17.2 Å². The Morgan fingerprint density at radius 3 is 2.56 bits per heavy atom. The maximum Gasteiger partial charge on any atom is 0.184 e. The smallest absolute Gasteiger partial charge is 0.184 e. The molecule has 3 heterocycles. The summed E-state index contributed by atoms with van der Waals surface area (Å²) in [7, 11) is 0. The van der Waals surface area contributed by atoms with Crippen molar-refractivity contribution in [2.24, 2.45) is 0 Å². The van der Waals surface area contributed by atoms with Crippen molar-refractivity contribution in [3.05, 3.63) is 71.6 Å². The minimum Gasteiger partial charge on any atom is -0.457 e. The molecule has 0 aliphatic heterocycles. The topological polar surface area (TPSA) is 93.9 Å². The molecule has 9 heteroatoms. The van der Waals surface area contributed by atoms with Crippen LogP contribution in [0.25, 0.3) is 28.2 Å². The van der Waals surface area contributed by atoms with Gasteiger partial charge in [0, 0.05) is 22.7 Å². The number of nitrogens with one attached hydrogen (secondary N) is 1. The Morgan fingerprint density at radius 2 is 1.76 bits per heavy atom. The summed E-state index contributed by atoms with van der Waals surface area (Å²) in [5.41, 5.74) is 4.79. The van der Waals surface area contributed by atoms with Crippen LogP contribution in [-0.4, -0.2) is 35.2 Å². The van der Waals surface area contributed by atoms with Crippen LogP contribution < -0.4 is 4.74 Å². The summed E-state index contributed by atoms with van der Waals surface area (Å²) < 4.78 is 8.06. The molecule has 0 spiro atoms. The minimum atomic E-state index is 0.396. The first-order chi connectivity index (χ1) is 16.8. The number of rotatable bonds is 5. The van der Waals surface area contributed by atoms with E-state index in [9.17, 15) is 0 Å². The van der Waals surface area contributed by atoms with Crippen molar-refractivity contribution in [1.82, 2.24) is 35.2 Å². The molecule has 1 fully saturated rings. The number of ether oxygens (including phenoxy) is 1. The number of aromatic nitrogens is 7. The highest BCUT2D eigenvalue weighted by atomic mass is 35.5. The summed E-state index contributed by atoms with van der Waals surface area (Å²) >= 11 is 6.13. The van der Waals surface area contributed by atoms with Gasteiger partial charge in [-0.15, -0.1) is 5.10 Å². The molecule has 0 atom stereocenters. The van der Waals surface area contributed by atoms with Crippen molar-refractivity contribution in [3.8, 4) is 34.0 Å². The number of aromatic amines is 1. The van der Waals surface area contributed by atoms with E-state index in [1.807, 2.05) is 47.1 Å². The molecular formula is C25H22ClN7O. The van der Waals surface area contributed by atoms with Gasteiger partial charge >= 0.3 is 0 Å². The number of H-pyrrole nitrogens is 1. The lowest BCUT2D eigenvalue weighted by Gasteiger charge is -2.25. The molecule has 1 aliphatic carbocycles. The third-order valence-corrected chi connectivity index (χ3v) is 6.57. The van der Waals surface area contributed by atoms with Gasteiger partial charge in [-0.25, -0.2) is 14.6 Å². The summed E-state index contributed by atoms with van der Waals surface area (Å²) in [4.78, 5) is 4.78. The van der Waals surface area contributed by atoms with E-state index in [0.29, 0.717) is 22.5 Å². The fraction of sp³-hybridized carbons (Fsp3) is 0.240. The molecule has 8 nitrogen and oxygen atoms in total. The van der Waals surface area contributed by atoms with Gasteiger partial charge in [0.05, 0.1) is 17.5 Å². The van der Waals surface area contributed by atoms with Crippen LogP contribution in [0.1, 0.15) is 43.7 Å². The maximum absolute atomic E-state index is 6.13. The van der Waals surface area contributed by atoms with Crippen molar-refractivity contribution in [3.63, 3.8) is 0 Å². The molecule has 2 aromatic carbocycles. The Balaban J connectivity index is 1.46. The van der Waals surface area contributed by atoms with Gasteiger partial charge in [0.2, 0.25) is 0 Å². The number of nitrogens with zero attached hydrogens (tertiary/aromatic N) is 6. The molecule has 34 heavy (non-hydrogen) atoms. The normalized spacial score (nSPS) is 14.5. The molecule has 6 rings (SSSR count). The first-order valence-corrected chi connectivity index (χ1v) is 11.8. The summed E-state index contributed by atoms with van der Waals surface area (Å²) in [6.07, 6.45) is 9.68. The lowest BCUT2D eigenvalue weighted by atomic mass is 9.84. The van der Waals surface area contributed by atoms with E-state index in [2.05, 4.69) is 26.7 Å². The number of hydrogen-bond donors (Lipinski definition) is 1. The zero-order valence-electron chi connectivity index (χ0n) is 18.4. The van der Waals surface area contributed by atoms with Crippen LogP contribution in [-0.2, 0) is 0 Å². The number of benzene rings is 2. The average Bonchev–Trinajstić information content (AvgIpc) is 3.54. The lowest BCUT2D eigenvalue weighted by Crippen LogP contribution is -2.12. The van der Waals surface area contributed by atoms with Gasteiger partial charge in [-0.05, 0) is 59.2 Å². The molecule has 0 amide bonds. The Morgan fingerprint density at radius 1 is 0.941 bits per heavy atom. The van der Waals surface area contributed by atoms with Gasteiger partial charge in [0.1, 0.15) is 11.5 Å². The molecule has 0 unspecified atom stereocenters. The molecule has 1 saturated carbocycles. The first-order valence-electron chi connectivity index (χ1n) is 11.4. The first kappa shape index (κ1) is 20.8. The predicted molar refractivity (Wildman–Crippen MR) is 129 cm³/mol. The lowest BCUT2D eigenvalue weighted by molar-refractivity contribution is 0.431. The van der Waals surface area contributed by atoms with E-state index in [1.165, 1.54) is 25.0 Å². The standard InChI is InChI=1S/C25H22ClN7O/c26-18-9-5-11-20(13-18)34-19-10-4-8-17(12-19)21-14-27-25-22(24-29-31-32-30-24)15-28-33(25)23(21)16-6-2-1-3-7-16/h4-5,8-16H,1-3,6-7H2,(H,29,30,31,32). The second-order valence-electron chi connectivity index (χ2n) is 8.52. The Bertz CT molecular complexity index is 1440. The van der Waals surface area contributed by atoms with Crippen LogP contribution in [0.3, 0.4) is 0 Å². The molecule has 1 N–H and O–H groups in total. The van der Waals surface area contributed by atoms with E-state index in [-0.39, 0.29) is 0 Å². The molecule has 3 aromatic heterocycles. The quantitative estimate of drug-likeness (QED) is 0.334. The zero-order valence-corrected chi connectivity index (χ0v) is 19.1. The Labute approximate surface area is 201 Å². The largest absolute Gasteiger partial charge is 0.457 e. The van der Waals surface area contributed by atoms with Gasteiger partial charge < -0.3 is 4.74 Å². The van der Waals surface area contributed by atoms with Crippen LogP contribution in [0.2, 0.25) is 5.02 Å².